The number of ether oxygens (including phenoxy) is 1. The molecule has 0 saturated carbocycles. The van der Waals surface area contributed by atoms with E-state index in [4.69, 9.17) is 4.74 Å². The highest BCUT2D eigenvalue weighted by molar-refractivity contribution is 9.10. The van der Waals surface area contributed by atoms with Gasteiger partial charge in [0.25, 0.3) is 5.91 Å². The topological polar surface area (TPSA) is 70.9 Å². The zero-order valence-electron chi connectivity index (χ0n) is 12.6. The number of benzene rings is 2. The second kappa shape index (κ2) is 8.33. The quantitative estimate of drug-likeness (QED) is 0.596. The van der Waals surface area contributed by atoms with Crippen LogP contribution in [0.1, 0.15) is 29.3 Å². The van der Waals surface area contributed by atoms with E-state index in [1.165, 1.54) is 6.21 Å². The number of hydrazone groups is 1. The molecule has 0 heterocycles. The molecule has 0 radical (unpaired) electrons. The van der Waals surface area contributed by atoms with Gasteiger partial charge in [0.05, 0.1) is 18.4 Å². The molecule has 0 aromatic heterocycles. The van der Waals surface area contributed by atoms with Crippen molar-refractivity contribution in [2.45, 2.75) is 13.3 Å². The highest BCUT2D eigenvalue weighted by Crippen LogP contribution is 2.20. The van der Waals surface area contributed by atoms with Crippen LogP contribution in [-0.2, 0) is 0 Å². The number of aromatic hydroxyl groups is 1. The van der Waals surface area contributed by atoms with Crippen LogP contribution in [0.4, 0.5) is 0 Å². The van der Waals surface area contributed by atoms with E-state index in [0.717, 1.165) is 10.9 Å². The zero-order chi connectivity index (χ0) is 16.7. The number of halogens is 1. The molecular formula is C17H17BrN2O3. The maximum atomic E-state index is 12.2. The predicted octanol–water partition coefficient (Wildman–Crippen LogP) is 3.71. The molecule has 0 aliphatic heterocycles. The molecule has 5 nitrogen and oxygen atoms in total. The van der Waals surface area contributed by atoms with Gasteiger partial charge < -0.3 is 9.84 Å². The van der Waals surface area contributed by atoms with Crippen LogP contribution in [0.25, 0.3) is 0 Å². The summed E-state index contributed by atoms with van der Waals surface area (Å²) in [5, 5.41) is 13.6. The van der Waals surface area contributed by atoms with Crippen molar-refractivity contribution >= 4 is 28.1 Å². The fraction of sp³-hybridized carbons (Fsp3) is 0.176. The summed E-state index contributed by atoms with van der Waals surface area (Å²) in [6.45, 7) is 2.54. The molecule has 0 unspecified atom stereocenters. The van der Waals surface area contributed by atoms with Gasteiger partial charge in [0.2, 0.25) is 0 Å². The van der Waals surface area contributed by atoms with Gasteiger partial charge in [0, 0.05) is 10.0 Å². The molecule has 1 amide bonds. The molecule has 120 valence electrons. The number of para-hydroxylation sites is 1. The lowest BCUT2D eigenvalue weighted by molar-refractivity contribution is 0.0951. The average Bonchev–Trinajstić information content (AvgIpc) is 2.56. The first-order valence-electron chi connectivity index (χ1n) is 7.15. The molecule has 2 aromatic carbocycles. The number of phenols is 1. The normalized spacial score (nSPS) is 10.7. The molecule has 2 rings (SSSR count). The number of hydrogen-bond donors (Lipinski definition) is 2. The van der Waals surface area contributed by atoms with Gasteiger partial charge >= 0.3 is 0 Å². The lowest BCUT2D eigenvalue weighted by Gasteiger charge is -2.09. The van der Waals surface area contributed by atoms with Gasteiger partial charge in [-0.25, -0.2) is 5.43 Å². The van der Waals surface area contributed by atoms with Crippen molar-refractivity contribution in [2.24, 2.45) is 5.10 Å². The molecule has 0 aliphatic rings. The number of nitrogens with one attached hydrogen (secondary N) is 1. The third-order valence-electron chi connectivity index (χ3n) is 2.95. The SMILES string of the molecule is CCCOc1ccccc1C(=O)NN=Cc1cc(Br)ccc1O. The van der Waals surface area contributed by atoms with Crippen molar-refractivity contribution in [3.05, 3.63) is 58.1 Å². The summed E-state index contributed by atoms with van der Waals surface area (Å²) >= 11 is 3.31. The number of carbonyl (C=O) groups excluding carboxylic acids is 1. The molecule has 0 aliphatic carbocycles. The van der Waals surface area contributed by atoms with Crippen LogP contribution in [0.5, 0.6) is 11.5 Å². The zero-order valence-corrected chi connectivity index (χ0v) is 14.2. The molecular weight excluding hydrogens is 360 g/mol. The smallest absolute Gasteiger partial charge is 0.275 e. The van der Waals surface area contributed by atoms with Crippen molar-refractivity contribution in [2.75, 3.05) is 6.61 Å². The Labute approximate surface area is 143 Å². The Bertz CT molecular complexity index is 717. The molecule has 23 heavy (non-hydrogen) atoms. The van der Waals surface area contributed by atoms with E-state index in [0.29, 0.717) is 23.5 Å². The number of carbonyl (C=O) groups is 1. The van der Waals surface area contributed by atoms with Crippen molar-refractivity contribution < 1.29 is 14.6 Å². The lowest BCUT2D eigenvalue weighted by atomic mass is 10.2. The van der Waals surface area contributed by atoms with Gasteiger partial charge in [0.15, 0.2) is 0 Å². The summed E-state index contributed by atoms with van der Waals surface area (Å²) in [6.07, 6.45) is 2.24. The monoisotopic (exact) mass is 376 g/mol. The van der Waals surface area contributed by atoms with Gasteiger partial charge in [-0.2, -0.15) is 5.10 Å². The second-order valence-electron chi connectivity index (χ2n) is 4.75. The van der Waals surface area contributed by atoms with Crippen LogP contribution in [0.2, 0.25) is 0 Å². The van der Waals surface area contributed by atoms with Crippen LogP contribution in [-0.4, -0.2) is 23.8 Å². The maximum Gasteiger partial charge on any atom is 0.275 e. The van der Waals surface area contributed by atoms with E-state index >= 15 is 0 Å². The van der Waals surface area contributed by atoms with Crippen LogP contribution >= 0.6 is 15.9 Å². The number of rotatable bonds is 6. The minimum absolute atomic E-state index is 0.0814. The largest absolute Gasteiger partial charge is 0.507 e. The van der Waals surface area contributed by atoms with E-state index in [1.54, 1.807) is 36.4 Å². The van der Waals surface area contributed by atoms with Crippen molar-refractivity contribution in [1.29, 1.82) is 0 Å². The number of amides is 1. The van der Waals surface area contributed by atoms with Gasteiger partial charge in [-0.15, -0.1) is 0 Å². The van der Waals surface area contributed by atoms with E-state index in [2.05, 4.69) is 26.5 Å². The standard InChI is InChI=1S/C17H17BrN2O3/c1-2-9-23-16-6-4-3-5-14(16)17(22)20-19-11-12-10-13(18)7-8-15(12)21/h3-8,10-11,21H,2,9H2,1H3,(H,20,22). The molecule has 2 aromatic rings. The van der Waals surface area contributed by atoms with Crippen molar-refractivity contribution in [1.82, 2.24) is 5.43 Å². The Balaban J connectivity index is 2.07. The Morgan fingerprint density at radius 1 is 1.35 bits per heavy atom. The fourth-order valence-corrected chi connectivity index (χ4v) is 2.22. The van der Waals surface area contributed by atoms with Crippen LogP contribution in [0.15, 0.2) is 52.0 Å². The molecule has 0 saturated heterocycles. The summed E-state index contributed by atoms with van der Waals surface area (Å²) < 4.78 is 6.35. The number of phenolic OH excluding ortho intramolecular Hbond substituents is 1. The lowest BCUT2D eigenvalue weighted by Crippen LogP contribution is -2.18. The molecule has 0 fully saturated rings. The highest BCUT2D eigenvalue weighted by atomic mass is 79.9. The van der Waals surface area contributed by atoms with E-state index < -0.39 is 0 Å². The Morgan fingerprint density at radius 3 is 2.91 bits per heavy atom. The van der Waals surface area contributed by atoms with Crippen LogP contribution in [0, 0.1) is 0 Å². The summed E-state index contributed by atoms with van der Waals surface area (Å²) in [5.74, 6) is 0.229. The van der Waals surface area contributed by atoms with Crippen molar-refractivity contribution in [3.63, 3.8) is 0 Å². The van der Waals surface area contributed by atoms with E-state index in [9.17, 15) is 9.90 Å². The van der Waals surface area contributed by atoms with Gasteiger partial charge in [0.1, 0.15) is 11.5 Å². The minimum Gasteiger partial charge on any atom is -0.507 e. The van der Waals surface area contributed by atoms with E-state index in [1.807, 2.05) is 13.0 Å². The van der Waals surface area contributed by atoms with Gasteiger partial charge in [-0.05, 0) is 36.8 Å². The third kappa shape index (κ3) is 4.82. The predicted molar refractivity (Wildman–Crippen MR) is 93.1 cm³/mol. The van der Waals surface area contributed by atoms with Gasteiger partial charge in [-0.1, -0.05) is 35.0 Å². The summed E-state index contributed by atoms with van der Waals surface area (Å²) in [6, 6.07) is 11.9. The second-order valence-corrected chi connectivity index (χ2v) is 5.66. The Morgan fingerprint density at radius 2 is 2.13 bits per heavy atom. The molecule has 6 heteroatoms. The molecule has 0 atom stereocenters. The first kappa shape index (κ1) is 17.0. The fourth-order valence-electron chi connectivity index (χ4n) is 1.84. The molecule has 0 spiro atoms. The van der Waals surface area contributed by atoms with E-state index in [-0.39, 0.29) is 11.7 Å². The first-order chi connectivity index (χ1) is 11.1. The molecule has 0 bridgehead atoms. The first-order valence-corrected chi connectivity index (χ1v) is 7.95. The Hall–Kier alpha value is -2.34. The van der Waals surface area contributed by atoms with Crippen molar-refractivity contribution in [3.8, 4) is 11.5 Å². The summed E-state index contributed by atoms with van der Waals surface area (Å²) in [7, 11) is 0. The summed E-state index contributed by atoms with van der Waals surface area (Å²) in [5.41, 5.74) is 3.34. The Kier molecular flexibility index (Phi) is 6.17. The minimum atomic E-state index is -0.373. The maximum absolute atomic E-state index is 12.2. The van der Waals surface area contributed by atoms with Gasteiger partial charge in [-0.3, -0.25) is 4.79 Å². The number of nitrogens with zero attached hydrogens (tertiary/aromatic N) is 1. The van der Waals surface area contributed by atoms with Crippen LogP contribution in [0.3, 0.4) is 0 Å². The summed E-state index contributed by atoms with van der Waals surface area (Å²) in [4.78, 5) is 12.2. The van der Waals surface area contributed by atoms with Crippen LogP contribution < -0.4 is 10.2 Å². The average molecular weight is 377 g/mol. The molecule has 2 N–H and O–H groups in total. The highest BCUT2D eigenvalue weighted by Gasteiger charge is 2.11. The third-order valence-corrected chi connectivity index (χ3v) is 3.45. The number of hydrogen-bond acceptors (Lipinski definition) is 4.